The Balaban J connectivity index is 1.33. The summed E-state index contributed by atoms with van der Waals surface area (Å²) in [5, 5.41) is 19.8. The fraction of sp³-hybridized carbons (Fsp3) is 0.130. The normalized spacial score (nSPS) is 15.9. The van der Waals surface area contributed by atoms with Crippen LogP contribution in [0.2, 0.25) is 0 Å². The Bertz CT molecular complexity index is 1060. The van der Waals surface area contributed by atoms with Gasteiger partial charge in [0.1, 0.15) is 11.8 Å². The average molecular weight is 400 g/mol. The van der Waals surface area contributed by atoms with Gasteiger partial charge >= 0.3 is 0 Å². The van der Waals surface area contributed by atoms with Crippen LogP contribution in [0.15, 0.2) is 89.4 Å². The van der Waals surface area contributed by atoms with Crippen molar-refractivity contribution >= 4 is 23.0 Å². The van der Waals surface area contributed by atoms with Crippen LogP contribution in [0.1, 0.15) is 29.5 Å². The lowest BCUT2D eigenvalue weighted by molar-refractivity contribution is -0.118. The highest BCUT2D eigenvalue weighted by Crippen LogP contribution is 2.20. The minimum Gasteiger partial charge on any atom is -0.410 e. The zero-order valence-electron chi connectivity index (χ0n) is 16.1. The molecule has 4 rings (SSSR count). The van der Waals surface area contributed by atoms with Gasteiger partial charge in [-0.1, -0.05) is 52.8 Å². The topological polar surface area (TPSA) is 96.2 Å². The minimum absolute atomic E-state index is 0.158. The second kappa shape index (κ2) is 9.00. The third-order valence-electron chi connectivity index (χ3n) is 4.73. The van der Waals surface area contributed by atoms with E-state index in [0.29, 0.717) is 17.8 Å². The van der Waals surface area contributed by atoms with Crippen LogP contribution in [-0.2, 0) is 9.63 Å². The first-order valence-corrected chi connectivity index (χ1v) is 9.54. The van der Waals surface area contributed by atoms with Crippen molar-refractivity contribution in [2.75, 3.05) is 5.32 Å². The number of oxime groups is 2. The molecule has 0 saturated heterocycles. The second-order valence-corrected chi connectivity index (χ2v) is 6.86. The monoisotopic (exact) mass is 400 g/mol. The van der Waals surface area contributed by atoms with Gasteiger partial charge in [0.25, 0.3) is 0 Å². The van der Waals surface area contributed by atoms with Crippen LogP contribution >= 0.6 is 0 Å². The van der Waals surface area contributed by atoms with E-state index in [0.717, 1.165) is 22.4 Å². The van der Waals surface area contributed by atoms with E-state index in [-0.39, 0.29) is 18.4 Å². The Hall–Kier alpha value is -4.00. The van der Waals surface area contributed by atoms with E-state index in [1.54, 1.807) is 36.7 Å². The van der Waals surface area contributed by atoms with Crippen LogP contribution in [0.4, 0.5) is 5.69 Å². The van der Waals surface area contributed by atoms with E-state index in [1.807, 2.05) is 42.5 Å². The standard InChI is InChI=1S/C23H20N4O3/c28-22(14-20-13-21(27-30-20)18-7-4-12-24-15-18)25-19-10-8-17(9-11-19)23(26-29)16-5-2-1-3-6-16/h1-12,15,20,29H,13-14H2,(H,25,28)/b26-23+. The summed E-state index contributed by atoms with van der Waals surface area (Å²) in [6, 6.07) is 20.3. The molecule has 0 aliphatic carbocycles. The van der Waals surface area contributed by atoms with E-state index < -0.39 is 0 Å². The maximum atomic E-state index is 12.4. The lowest BCUT2D eigenvalue weighted by atomic mass is 10.0. The molecule has 1 amide bonds. The molecule has 1 atom stereocenters. The Morgan fingerprint density at radius 2 is 1.83 bits per heavy atom. The zero-order chi connectivity index (χ0) is 20.8. The number of hydrogen-bond acceptors (Lipinski definition) is 6. The third-order valence-corrected chi connectivity index (χ3v) is 4.73. The highest BCUT2D eigenvalue weighted by atomic mass is 16.6. The number of carbonyl (C=O) groups excluding carboxylic acids is 1. The van der Waals surface area contributed by atoms with E-state index in [4.69, 9.17) is 4.84 Å². The predicted octanol–water partition coefficient (Wildman–Crippen LogP) is 3.83. The number of nitrogens with zero attached hydrogens (tertiary/aromatic N) is 3. The van der Waals surface area contributed by atoms with Gasteiger partial charge in [0.2, 0.25) is 5.91 Å². The average Bonchev–Trinajstić information content (AvgIpc) is 3.25. The number of hydrogen-bond donors (Lipinski definition) is 2. The molecule has 30 heavy (non-hydrogen) atoms. The maximum absolute atomic E-state index is 12.4. The van der Waals surface area contributed by atoms with Crippen molar-refractivity contribution in [1.82, 2.24) is 4.98 Å². The number of pyridine rings is 1. The van der Waals surface area contributed by atoms with Crippen LogP contribution in [-0.4, -0.2) is 33.6 Å². The molecule has 0 radical (unpaired) electrons. The van der Waals surface area contributed by atoms with E-state index in [1.165, 1.54) is 0 Å². The number of nitrogens with one attached hydrogen (secondary N) is 1. The molecular formula is C23H20N4O3. The predicted molar refractivity (Wildman–Crippen MR) is 114 cm³/mol. The fourth-order valence-electron chi connectivity index (χ4n) is 3.25. The summed E-state index contributed by atoms with van der Waals surface area (Å²) < 4.78 is 0. The van der Waals surface area contributed by atoms with Gasteiger partial charge in [-0.05, 0) is 24.3 Å². The van der Waals surface area contributed by atoms with Crippen LogP contribution in [0.3, 0.4) is 0 Å². The zero-order valence-corrected chi connectivity index (χ0v) is 16.1. The maximum Gasteiger partial charge on any atom is 0.228 e. The summed E-state index contributed by atoms with van der Waals surface area (Å²) in [6.07, 6.45) is 3.88. The molecule has 0 bridgehead atoms. The van der Waals surface area contributed by atoms with E-state index in [2.05, 4.69) is 20.6 Å². The van der Waals surface area contributed by atoms with Crippen molar-refractivity contribution in [3.8, 4) is 0 Å². The molecule has 7 nitrogen and oxygen atoms in total. The Morgan fingerprint density at radius 3 is 2.53 bits per heavy atom. The van der Waals surface area contributed by atoms with Crippen LogP contribution < -0.4 is 5.32 Å². The van der Waals surface area contributed by atoms with Crippen molar-refractivity contribution < 1.29 is 14.8 Å². The van der Waals surface area contributed by atoms with Crippen molar-refractivity contribution in [1.29, 1.82) is 0 Å². The van der Waals surface area contributed by atoms with E-state index in [9.17, 15) is 10.0 Å². The molecule has 1 aliphatic heterocycles. The second-order valence-electron chi connectivity index (χ2n) is 6.86. The number of anilines is 1. The Morgan fingerprint density at radius 1 is 1.07 bits per heavy atom. The first kappa shape index (κ1) is 19.3. The van der Waals surface area contributed by atoms with Crippen molar-refractivity contribution in [2.24, 2.45) is 10.3 Å². The van der Waals surface area contributed by atoms with Gasteiger partial charge in [-0.15, -0.1) is 0 Å². The highest BCUT2D eigenvalue weighted by molar-refractivity contribution is 6.12. The minimum atomic E-state index is -0.300. The summed E-state index contributed by atoms with van der Waals surface area (Å²) >= 11 is 0. The van der Waals surface area contributed by atoms with Crippen molar-refractivity contribution in [3.63, 3.8) is 0 Å². The smallest absolute Gasteiger partial charge is 0.228 e. The molecule has 1 aliphatic rings. The molecule has 3 aromatic rings. The summed E-state index contributed by atoms with van der Waals surface area (Å²) in [7, 11) is 0. The molecule has 0 fully saturated rings. The molecule has 0 spiro atoms. The Kier molecular flexibility index (Phi) is 5.80. The van der Waals surface area contributed by atoms with E-state index >= 15 is 0 Å². The van der Waals surface area contributed by atoms with Gasteiger partial charge < -0.3 is 15.4 Å². The molecule has 2 aromatic carbocycles. The van der Waals surface area contributed by atoms with Gasteiger partial charge in [-0.3, -0.25) is 9.78 Å². The molecule has 2 N–H and O–H groups in total. The molecule has 1 unspecified atom stereocenters. The SMILES string of the molecule is O=C(CC1CC(c2cccnc2)=NO1)Nc1ccc(/C(=N/O)c2ccccc2)cc1. The number of rotatable bonds is 6. The van der Waals surface area contributed by atoms with Gasteiger partial charge in [0, 0.05) is 41.2 Å². The van der Waals surface area contributed by atoms with Crippen LogP contribution in [0, 0.1) is 0 Å². The molecule has 1 aromatic heterocycles. The number of amides is 1. The van der Waals surface area contributed by atoms with Gasteiger partial charge in [0.05, 0.1) is 12.1 Å². The summed E-state index contributed by atoms with van der Waals surface area (Å²) in [6.45, 7) is 0. The first-order valence-electron chi connectivity index (χ1n) is 9.54. The summed E-state index contributed by atoms with van der Waals surface area (Å²) in [5.41, 5.74) is 4.36. The third kappa shape index (κ3) is 4.52. The fourth-order valence-corrected chi connectivity index (χ4v) is 3.25. The van der Waals surface area contributed by atoms with Gasteiger partial charge in [0.15, 0.2) is 0 Å². The number of aromatic nitrogens is 1. The molecule has 0 saturated carbocycles. The van der Waals surface area contributed by atoms with Crippen molar-refractivity contribution in [2.45, 2.75) is 18.9 Å². The van der Waals surface area contributed by atoms with Gasteiger partial charge in [-0.2, -0.15) is 0 Å². The summed E-state index contributed by atoms with van der Waals surface area (Å²) in [5.74, 6) is -0.158. The molecule has 150 valence electrons. The largest absolute Gasteiger partial charge is 0.410 e. The highest BCUT2D eigenvalue weighted by Gasteiger charge is 2.25. The molecule has 2 heterocycles. The number of carbonyl (C=O) groups is 1. The first-order chi connectivity index (χ1) is 14.7. The Labute approximate surface area is 173 Å². The van der Waals surface area contributed by atoms with Crippen molar-refractivity contribution in [3.05, 3.63) is 95.8 Å². The molecular weight excluding hydrogens is 380 g/mol. The lowest BCUT2D eigenvalue weighted by Gasteiger charge is -2.10. The van der Waals surface area contributed by atoms with Gasteiger partial charge in [-0.25, -0.2) is 0 Å². The van der Waals surface area contributed by atoms with Crippen LogP contribution in [0.5, 0.6) is 0 Å². The lowest BCUT2D eigenvalue weighted by Crippen LogP contribution is -2.20. The number of benzene rings is 2. The molecule has 7 heteroatoms. The summed E-state index contributed by atoms with van der Waals surface area (Å²) in [4.78, 5) is 21.9. The van der Waals surface area contributed by atoms with Crippen LogP contribution in [0.25, 0.3) is 0 Å². The quantitative estimate of drug-likeness (QED) is 0.373.